The lowest BCUT2D eigenvalue weighted by atomic mass is 10.0. The summed E-state index contributed by atoms with van der Waals surface area (Å²) in [7, 11) is 1.50. The molecule has 0 aliphatic rings. The molecule has 9 heteroatoms. The van der Waals surface area contributed by atoms with Crippen LogP contribution in [0.3, 0.4) is 0 Å². The number of aromatic hydroxyl groups is 1. The quantitative estimate of drug-likeness (QED) is 0.313. The van der Waals surface area contributed by atoms with Crippen molar-refractivity contribution < 1.29 is 27.1 Å². The van der Waals surface area contributed by atoms with Gasteiger partial charge in [0.2, 0.25) is 5.88 Å². The zero-order valence-corrected chi connectivity index (χ0v) is 17.2. The summed E-state index contributed by atoms with van der Waals surface area (Å²) in [5.41, 5.74) is -0.149. The Hall–Kier alpha value is -2.38. The third kappa shape index (κ3) is 4.68. The van der Waals surface area contributed by atoms with E-state index in [-0.39, 0.29) is 46.9 Å². The number of alkyl halides is 5. The Morgan fingerprint density at radius 2 is 1.77 bits per heavy atom. The van der Waals surface area contributed by atoms with Crippen molar-refractivity contribution >= 4 is 29.1 Å². The molecule has 0 atom stereocenters. The average molecular weight is 462 g/mol. The normalized spacial score (nSPS) is 11.9. The van der Waals surface area contributed by atoms with Gasteiger partial charge in [-0.25, -0.2) is 4.39 Å². The van der Waals surface area contributed by atoms with Gasteiger partial charge in [0.05, 0.1) is 11.1 Å². The smallest absolute Gasteiger partial charge is 0.416 e. The molecular formula is C21H17Cl2F4NO2. The number of rotatable bonds is 6. The molecule has 3 rings (SSSR count). The zero-order chi connectivity index (χ0) is 22.1. The Morgan fingerprint density at radius 1 is 1.10 bits per heavy atom. The number of halogens is 6. The van der Waals surface area contributed by atoms with Crippen LogP contribution < -0.4 is 5.32 Å². The van der Waals surface area contributed by atoms with Gasteiger partial charge in [-0.2, -0.15) is 13.2 Å². The maximum atomic E-state index is 14.8. The Balaban J connectivity index is 2.02. The lowest BCUT2D eigenvalue weighted by Gasteiger charge is -2.09. The van der Waals surface area contributed by atoms with Crippen molar-refractivity contribution in [1.29, 1.82) is 0 Å². The Labute approximate surface area is 180 Å². The van der Waals surface area contributed by atoms with E-state index in [1.54, 1.807) is 12.1 Å². The molecule has 3 aromatic rings. The van der Waals surface area contributed by atoms with Crippen LogP contribution >= 0.6 is 23.2 Å². The van der Waals surface area contributed by atoms with Crippen molar-refractivity contribution in [1.82, 2.24) is 0 Å². The Kier molecular flexibility index (Phi) is 6.53. The van der Waals surface area contributed by atoms with Crippen LogP contribution in [0.2, 0.25) is 0 Å². The Morgan fingerprint density at radius 3 is 2.40 bits per heavy atom. The van der Waals surface area contributed by atoms with E-state index in [9.17, 15) is 22.7 Å². The summed E-state index contributed by atoms with van der Waals surface area (Å²) in [6.07, 6.45) is -4.55. The second-order valence-corrected chi connectivity index (χ2v) is 7.85. The van der Waals surface area contributed by atoms with Crippen molar-refractivity contribution in [3.63, 3.8) is 0 Å². The third-order valence-electron chi connectivity index (χ3n) is 4.54. The summed E-state index contributed by atoms with van der Waals surface area (Å²) in [6, 6.07) is 9.19. The van der Waals surface area contributed by atoms with Gasteiger partial charge < -0.3 is 14.8 Å². The van der Waals surface area contributed by atoms with Crippen molar-refractivity contribution in [3.8, 4) is 16.9 Å². The van der Waals surface area contributed by atoms with Gasteiger partial charge in [-0.15, -0.1) is 23.2 Å². The largest absolute Gasteiger partial charge is 0.504 e. The number of hydrogen-bond acceptors (Lipinski definition) is 3. The number of benzene rings is 2. The van der Waals surface area contributed by atoms with Crippen LogP contribution in [0.25, 0.3) is 11.1 Å². The zero-order valence-electron chi connectivity index (χ0n) is 15.7. The van der Waals surface area contributed by atoms with Gasteiger partial charge in [0.1, 0.15) is 10.7 Å². The third-order valence-corrected chi connectivity index (χ3v) is 4.85. The predicted octanol–water partition coefficient (Wildman–Crippen LogP) is 6.79. The minimum Gasteiger partial charge on any atom is -0.504 e. The summed E-state index contributed by atoms with van der Waals surface area (Å²) in [6.45, 7) is 0. The van der Waals surface area contributed by atoms with Crippen molar-refractivity contribution in [2.45, 2.75) is 23.9 Å². The highest BCUT2D eigenvalue weighted by Gasteiger charge is 2.31. The highest BCUT2D eigenvalue weighted by atomic mass is 35.5. The molecular weight excluding hydrogens is 445 g/mol. The summed E-state index contributed by atoms with van der Waals surface area (Å²) >= 11 is 11.5. The van der Waals surface area contributed by atoms with E-state index < -0.39 is 22.4 Å². The summed E-state index contributed by atoms with van der Waals surface area (Å²) in [4.78, 5) is -0.782. The molecule has 0 fully saturated rings. The fraction of sp³-hybridized carbons (Fsp3) is 0.238. The molecule has 0 radical (unpaired) electrons. The van der Waals surface area contributed by atoms with Crippen molar-refractivity contribution in [2.75, 3.05) is 12.4 Å². The number of hydrogen-bond donors (Lipinski definition) is 2. The topological polar surface area (TPSA) is 45.4 Å². The van der Waals surface area contributed by atoms with E-state index in [0.29, 0.717) is 5.56 Å². The molecule has 1 heterocycles. The first-order valence-corrected chi connectivity index (χ1v) is 9.73. The summed E-state index contributed by atoms with van der Waals surface area (Å²) < 4.78 is 59.6. The molecule has 0 aliphatic carbocycles. The average Bonchev–Trinajstić information content (AvgIpc) is 2.99. The van der Waals surface area contributed by atoms with Crippen molar-refractivity contribution in [2.24, 2.45) is 0 Å². The van der Waals surface area contributed by atoms with Crippen LogP contribution in [0, 0.1) is 5.82 Å². The number of nitrogens with one attached hydrogen (secondary N) is 1. The van der Waals surface area contributed by atoms with Crippen LogP contribution in [-0.4, -0.2) is 17.0 Å². The van der Waals surface area contributed by atoms with Crippen LogP contribution in [0.5, 0.6) is 5.75 Å². The van der Waals surface area contributed by atoms with Gasteiger partial charge in [0.25, 0.3) is 0 Å². The SMILES string of the molecule is CNc1oc(Cc2cccc(CC(Cl)Cl)c2F)c(O)c1-c1cccc(C(F)(F)F)c1. The Bertz CT molecular complexity index is 1050. The lowest BCUT2D eigenvalue weighted by Crippen LogP contribution is -2.04. The van der Waals surface area contributed by atoms with E-state index in [2.05, 4.69) is 5.32 Å². The molecule has 0 aliphatic heterocycles. The lowest BCUT2D eigenvalue weighted by molar-refractivity contribution is -0.137. The molecule has 0 amide bonds. The van der Waals surface area contributed by atoms with E-state index >= 15 is 0 Å². The molecule has 2 aromatic carbocycles. The van der Waals surface area contributed by atoms with Gasteiger partial charge >= 0.3 is 6.18 Å². The molecule has 0 saturated heterocycles. The summed E-state index contributed by atoms with van der Waals surface area (Å²) in [5, 5.41) is 13.4. The number of furan rings is 1. The maximum absolute atomic E-state index is 14.8. The van der Waals surface area contributed by atoms with E-state index in [1.165, 1.54) is 25.2 Å². The fourth-order valence-corrected chi connectivity index (χ4v) is 3.48. The highest BCUT2D eigenvalue weighted by molar-refractivity contribution is 6.44. The van der Waals surface area contributed by atoms with E-state index in [1.807, 2.05) is 0 Å². The maximum Gasteiger partial charge on any atom is 0.416 e. The second-order valence-electron chi connectivity index (χ2n) is 6.57. The predicted molar refractivity (Wildman–Crippen MR) is 109 cm³/mol. The van der Waals surface area contributed by atoms with Crippen LogP contribution in [0.15, 0.2) is 46.9 Å². The minimum absolute atomic E-state index is 0.0103. The monoisotopic (exact) mass is 461 g/mol. The molecule has 30 heavy (non-hydrogen) atoms. The molecule has 3 nitrogen and oxygen atoms in total. The van der Waals surface area contributed by atoms with Crippen LogP contribution in [0.4, 0.5) is 23.4 Å². The first kappa shape index (κ1) is 22.3. The molecule has 1 aromatic heterocycles. The first-order chi connectivity index (χ1) is 14.1. The first-order valence-electron chi connectivity index (χ1n) is 8.86. The second kappa shape index (κ2) is 8.78. The molecule has 160 valence electrons. The number of anilines is 1. The highest BCUT2D eigenvalue weighted by Crippen LogP contribution is 2.44. The van der Waals surface area contributed by atoms with Gasteiger partial charge in [0.15, 0.2) is 11.5 Å². The molecule has 2 N–H and O–H groups in total. The standard InChI is InChI=1S/C21H17Cl2F4NO2/c1-28-20-17(11-4-3-7-14(8-11)21(25,26)27)19(29)15(30-20)9-12-5-2-6-13(18(12)24)10-16(22)23/h2-8,16,28-29H,9-10H2,1H3. The van der Waals surface area contributed by atoms with Crippen molar-refractivity contribution in [3.05, 3.63) is 70.7 Å². The molecule has 0 spiro atoms. The van der Waals surface area contributed by atoms with Crippen LogP contribution in [0.1, 0.15) is 22.5 Å². The van der Waals surface area contributed by atoms with Crippen LogP contribution in [-0.2, 0) is 19.0 Å². The molecule has 0 saturated carbocycles. The molecule has 0 bridgehead atoms. The van der Waals surface area contributed by atoms with Gasteiger partial charge in [-0.1, -0.05) is 30.3 Å². The fourth-order valence-electron chi connectivity index (χ4n) is 3.15. The van der Waals surface area contributed by atoms with Gasteiger partial charge in [0, 0.05) is 19.9 Å². The minimum atomic E-state index is -4.54. The van der Waals surface area contributed by atoms with Gasteiger partial charge in [-0.3, -0.25) is 0 Å². The van der Waals surface area contributed by atoms with Gasteiger partial charge in [-0.05, 0) is 28.8 Å². The molecule has 0 unspecified atom stereocenters. The van der Waals surface area contributed by atoms with E-state index in [4.69, 9.17) is 27.6 Å². The summed E-state index contributed by atoms with van der Waals surface area (Å²) in [5.74, 6) is -0.821. The van der Waals surface area contributed by atoms with E-state index in [0.717, 1.165) is 12.1 Å².